The first-order valence-corrected chi connectivity index (χ1v) is 8.36. The number of aromatic nitrogens is 1. The summed E-state index contributed by atoms with van der Waals surface area (Å²) in [5.41, 5.74) is 4.01. The van der Waals surface area contributed by atoms with Gasteiger partial charge >= 0.3 is 5.97 Å². The normalized spacial score (nSPS) is 11.1. The first-order valence-electron chi connectivity index (χ1n) is 7.19. The molecule has 1 N–H and O–H groups in total. The lowest BCUT2D eigenvalue weighted by molar-refractivity contribution is -0.136. The van der Waals surface area contributed by atoms with Gasteiger partial charge in [-0.15, -0.1) is 0 Å². The molecule has 0 atom stereocenters. The highest BCUT2D eigenvalue weighted by atomic mass is 79.9. The number of nitrogens with zero attached hydrogens (tertiary/aromatic N) is 1. The minimum Gasteiger partial charge on any atom is -0.481 e. The van der Waals surface area contributed by atoms with E-state index >= 15 is 0 Å². The number of carboxylic acids is 1. The van der Waals surface area contributed by atoms with E-state index in [0.29, 0.717) is 11.6 Å². The Labute approximate surface area is 147 Å². The zero-order chi connectivity index (χ0) is 16.6. The molecular formula is C18H15BrClNO2. The number of hydrogen-bond donors (Lipinski definition) is 1. The summed E-state index contributed by atoms with van der Waals surface area (Å²) in [6, 6.07) is 13.7. The third-order valence-corrected chi connectivity index (χ3v) is 4.74. The molecule has 0 unspecified atom stereocenters. The molecule has 5 heteroatoms. The molecule has 2 aromatic carbocycles. The van der Waals surface area contributed by atoms with Crippen LogP contribution in [0.2, 0.25) is 5.02 Å². The predicted octanol–water partition coefficient (Wildman–Crippen LogP) is 5.04. The first kappa shape index (κ1) is 16.1. The Hall–Kier alpha value is -1.78. The molecule has 3 nitrogen and oxygen atoms in total. The summed E-state index contributed by atoms with van der Waals surface area (Å²) in [6.45, 7) is 2.66. The van der Waals surface area contributed by atoms with Crippen molar-refractivity contribution in [2.75, 3.05) is 0 Å². The summed E-state index contributed by atoms with van der Waals surface area (Å²) >= 11 is 9.41. The maximum atomic E-state index is 11.2. The molecule has 23 heavy (non-hydrogen) atoms. The highest BCUT2D eigenvalue weighted by Gasteiger charge is 2.16. The minimum atomic E-state index is -0.821. The number of benzene rings is 2. The van der Waals surface area contributed by atoms with Crippen LogP contribution in [0.25, 0.3) is 10.9 Å². The Balaban J connectivity index is 2.14. The van der Waals surface area contributed by atoms with Crippen molar-refractivity contribution in [2.45, 2.75) is 19.9 Å². The summed E-state index contributed by atoms with van der Waals surface area (Å²) < 4.78 is 3.10. The molecule has 0 aliphatic rings. The van der Waals surface area contributed by atoms with E-state index in [1.54, 1.807) is 0 Å². The summed E-state index contributed by atoms with van der Waals surface area (Å²) in [5, 5.41) is 10.9. The monoisotopic (exact) mass is 391 g/mol. The molecular weight excluding hydrogens is 378 g/mol. The smallest absolute Gasteiger partial charge is 0.307 e. The van der Waals surface area contributed by atoms with Gasteiger partial charge in [0.05, 0.1) is 6.42 Å². The third kappa shape index (κ3) is 3.28. The zero-order valence-corrected chi connectivity index (χ0v) is 14.9. The number of aliphatic carboxylic acids is 1. The second kappa shape index (κ2) is 6.38. The number of carboxylic acid groups (broad SMARTS) is 1. The van der Waals surface area contributed by atoms with Gasteiger partial charge in [-0.1, -0.05) is 39.7 Å². The molecule has 118 valence electrons. The van der Waals surface area contributed by atoms with Crippen molar-refractivity contribution in [3.63, 3.8) is 0 Å². The van der Waals surface area contributed by atoms with Crippen molar-refractivity contribution in [1.29, 1.82) is 0 Å². The first-order chi connectivity index (χ1) is 11.0. The van der Waals surface area contributed by atoms with Crippen LogP contribution in [0.5, 0.6) is 0 Å². The fraction of sp³-hybridized carbons (Fsp3) is 0.167. The molecule has 0 aliphatic carbocycles. The summed E-state index contributed by atoms with van der Waals surface area (Å²) in [4.78, 5) is 11.2. The van der Waals surface area contributed by atoms with E-state index < -0.39 is 5.97 Å². The van der Waals surface area contributed by atoms with Crippen LogP contribution in [0.3, 0.4) is 0 Å². The average molecular weight is 393 g/mol. The standard InChI is InChI=1S/C18H15BrClNO2/c1-11-15(9-18(22)23)16-8-13(19)4-7-17(16)21(11)10-12-2-5-14(20)6-3-12/h2-8H,9-10H2,1H3,(H,22,23). The van der Waals surface area contributed by atoms with Gasteiger partial charge in [-0.25, -0.2) is 0 Å². The molecule has 3 rings (SSSR count). The van der Waals surface area contributed by atoms with Crippen molar-refractivity contribution >= 4 is 44.4 Å². The molecule has 0 aliphatic heterocycles. The second-order valence-corrected chi connectivity index (χ2v) is 6.86. The topological polar surface area (TPSA) is 42.2 Å². The van der Waals surface area contributed by atoms with Crippen LogP contribution in [0, 0.1) is 6.92 Å². The quantitative estimate of drug-likeness (QED) is 0.676. The van der Waals surface area contributed by atoms with E-state index in [4.69, 9.17) is 11.6 Å². The molecule has 0 saturated heterocycles. The number of halogens is 2. The Morgan fingerprint density at radius 1 is 1.22 bits per heavy atom. The van der Waals surface area contributed by atoms with Crippen molar-refractivity contribution in [3.8, 4) is 0 Å². The number of hydrogen-bond acceptors (Lipinski definition) is 1. The highest BCUT2D eigenvalue weighted by molar-refractivity contribution is 9.10. The highest BCUT2D eigenvalue weighted by Crippen LogP contribution is 2.30. The van der Waals surface area contributed by atoms with E-state index in [0.717, 1.165) is 32.2 Å². The van der Waals surface area contributed by atoms with Crippen molar-refractivity contribution in [2.24, 2.45) is 0 Å². The number of rotatable bonds is 4. The molecule has 1 aromatic heterocycles. The van der Waals surface area contributed by atoms with Crippen LogP contribution in [-0.2, 0) is 17.8 Å². The average Bonchev–Trinajstić information content (AvgIpc) is 2.74. The Bertz CT molecular complexity index is 884. The number of fused-ring (bicyclic) bond motifs is 1. The van der Waals surface area contributed by atoms with Gasteiger partial charge in [-0.2, -0.15) is 0 Å². The van der Waals surface area contributed by atoms with Gasteiger partial charge in [0.15, 0.2) is 0 Å². The van der Waals surface area contributed by atoms with Crippen molar-refractivity contribution in [1.82, 2.24) is 4.57 Å². The van der Waals surface area contributed by atoms with Gasteiger partial charge in [0.25, 0.3) is 0 Å². The lowest BCUT2D eigenvalue weighted by Crippen LogP contribution is -2.05. The Kier molecular flexibility index (Phi) is 4.46. The molecule has 0 spiro atoms. The summed E-state index contributed by atoms with van der Waals surface area (Å²) in [5.74, 6) is -0.821. The fourth-order valence-corrected chi connectivity index (χ4v) is 3.36. The maximum absolute atomic E-state index is 11.2. The van der Waals surface area contributed by atoms with E-state index in [9.17, 15) is 9.90 Å². The van der Waals surface area contributed by atoms with Crippen LogP contribution < -0.4 is 0 Å². The Morgan fingerprint density at radius 2 is 1.91 bits per heavy atom. The van der Waals surface area contributed by atoms with E-state index in [2.05, 4.69) is 20.5 Å². The summed E-state index contributed by atoms with van der Waals surface area (Å²) in [6.07, 6.45) is 0.0202. The van der Waals surface area contributed by atoms with Gasteiger partial charge < -0.3 is 9.67 Å². The molecule has 1 heterocycles. The van der Waals surface area contributed by atoms with E-state index in [-0.39, 0.29) is 6.42 Å². The van der Waals surface area contributed by atoms with Gasteiger partial charge in [0, 0.05) is 32.6 Å². The molecule has 0 saturated carbocycles. The zero-order valence-electron chi connectivity index (χ0n) is 12.5. The largest absolute Gasteiger partial charge is 0.481 e. The predicted molar refractivity (Wildman–Crippen MR) is 96.3 cm³/mol. The molecule has 3 aromatic rings. The second-order valence-electron chi connectivity index (χ2n) is 5.51. The molecule has 0 radical (unpaired) electrons. The minimum absolute atomic E-state index is 0.0202. The lowest BCUT2D eigenvalue weighted by Gasteiger charge is -2.09. The number of carbonyl (C=O) groups is 1. The van der Waals surface area contributed by atoms with Gasteiger partial charge in [0.1, 0.15) is 0 Å². The lowest BCUT2D eigenvalue weighted by atomic mass is 10.1. The fourth-order valence-electron chi connectivity index (χ4n) is 2.87. The van der Waals surface area contributed by atoms with Crippen LogP contribution in [0.4, 0.5) is 0 Å². The SMILES string of the molecule is Cc1c(CC(=O)O)c2cc(Br)ccc2n1Cc1ccc(Cl)cc1. The van der Waals surface area contributed by atoms with Crippen LogP contribution in [0.1, 0.15) is 16.8 Å². The molecule has 0 amide bonds. The van der Waals surface area contributed by atoms with Gasteiger partial charge in [-0.05, 0) is 48.4 Å². The van der Waals surface area contributed by atoms with Crippen molar-refractivity contribution < 1.29 is 9.90 Å². The van der Waals surface area contributed by atoms with Crippen molar-refractivity contribution in [3.05, 3.63) is 68.8 Å². The van der Waals surface area contributed by atoms with E-state index in [1.165, 1.54) is 0 Å². The Morgan fingerprint density at radius 3 is 2.57 bits per heavy atom. The maximum Gasteiger partial charge on any atom is 0.307 e. The molecule has 0 bridgehead atoms. The summed E-state index contributed by atoms with van der Waals surface area (Å²) in [7, 11) is 0. The van der Waals surface area contributed by atoms with Crippen LogP contribution >= 0.6 is 27.5 Å². The van der Waals surface area contributed by atoms with Gasteiger partial charge in [0.2, 0.25) is 0 Å². The third-order valence-electron chi connectivity index (χ3n) is 4.00. The molecule has 0 fully saturated rings. The van der Waals surface area contributed by atoms with E-state index in [1.807, 2.05) is 49.4 Å². The van der Waals surface area contributed by atoms with Crippen LogP contribution in [0.15, 0.2) is 46.9 Å². The van der Waals surface area contributed by atoms with Crippen LogP contribution in [-0.4, -0.2) is 15.6 Å². The van der Waals surface area contributed by atoms with Gasteiger partial charge in [-0.3, -0.25) is 4.79 Å².